The van der Waals surface area contributed by atoms with Gasteiger partial charge in [-0.1, -0.05) is 284 Å². The van der Waals surface area contributed by atoms with Crippen molar-refractivity contribution < 1.29 is 42.9 Å². The number of esters is 2. The molecule has 0 saturated heterocycles. The Labute approximate surface area is 568 Å². The molecule has 93 heavy (non-hydrogen) atoms. The predicted molar refractivity (Wildman–Crippen MR) is 397 cm³/mol. The Hall–Kier alpha value is -6.39. The van der Waals surface area contributed by atoms with Crippen LogP contribution in [-0.4, -0.2) is 82.3 Å². The van der Waals surface area contributed by atoms with Crippen molar-refractivity contribution in [2.75, 3.05) is 47.5 Å². The van der Waals surface area contributed by atoms with E-state index in [-0.39, 0.29) is 38.6 Å². The van der Waals surface area contributed by atoms with E-state index < -0.39 is 24.3 Å². The van der Waals surface area contributed by atoms with Gasteiger partial charge in [-0.25, -0.2) is 0 Å². The van der Waals surface area contributed by atoms with Gasteiger partial charge in [-0.2, -0.15) is 0 Å². The van der Waals surface area contributed by atoms with Crippen molar-refractivity contribution in [2.45, 2.75) is 245 Å². The molecular formula is C84H129NO8. The van der Waals surface area contributed by atoms with Gasteiger partial charge in [-0.3, -0.25) is 9.59 Å². The molecule has 0 fully saturated rings. The summed E-state index contributed by atoms with van der Waals surface area (Å²) in [6, 6.07) is 0. The third-order valence-corrected chi connectivity index (χ3v) is 14.2. The highest BCUT2D eigenvalue weighted by atomic mass is 16.7. The number of hydrogen-bond donors (Lipinski definition) is 0. The van der Waals surface area contributed by atoms with Crippen LogP contribution in [0.25, 0.3) is 0 Å². The Morgan fingerprint density at radius 2 is 0.581 bits per heavy atom. The first kappa shape index (κ1) is 86.6. The summed E-state index contributed by atoms with van der Waals surface area (Å²) in [6.45, 7) is 4.45. The number of hydrogen-bond acceptors (Lipinski definition) is 8. The number of ether oxygens (including phenoxy) is 4. The number of aliphatic carboxylic acids is 1. The largest absolute Gasteiger partial charge is 0.545 e. The van der Waals surface area contributed by atoms with Gasteiger partial charge in [0.25, 0.3) is 0 Å². The molecule has 0 saturated carbocycles. The second-order valence-corrected chi connectivity index (χ2v) is 24.1. The van der Waals surface area contributed by atoms with Gasteiger partial charge in [-0.15, -0.1) is 0 Å². The maximum Gasteiger partial charge on any atom is 0.306 e. The second kappa shape index (κ2) is 71.5. The fraction of sp³-hybridized carbons (Fsp3) is 0.536. The minimum Gasteiger partial charge on any atom is -0.545 e. The van der Waals surface area contributed by atoms with E-state index in [1.807, 2.05) is 21.1 Å². The summed E-state index contributed by atoms with van der Waals surface area (Å²) in [5.41, 5.74) is 0. The molecule has 0 rings (SSSR count). The molecule has 0 aromatic carbocycles. The molecule has 0 bridgehead atoms. The van der Waals surface area contributed by atoms with Crippen LogP contribution in [0.15, 0.2) is 219 Å². The Bertz CT molecular complexity index is 2330. The summed E-state index contributed by atoms with van der Waals surface area (Å²) in [5, 5.41) is 11.8. The molecule has 2 unspecified atom stereocenters. The van der Waals surface area contributed by atoms with Crippen LogP contribution in [0, 0.1) is 0 Å². The predicted octanol–water partition coefficient (Wildman–Crippen LogP) is 21.6. The van der Waals surface area contributed by atoms with Crippen molar-refractivity contribution in [3.63, 3.8) is 0 Å². The van der Waals surface area contributed by atoms with Crippen LogP contribution in [0.5, 0.6) is 0 Å². The summed E-state index contributed by atoms with van der Waals surface area (Å²) in [4.78, 5) is 37.5. The van der Waals surface area contributed by atoms with Crippen molar-refractivity contribution >= 4 is 17.9 Å². The van der Waals surface area contributed by atoms with Crippen LogP contribution in [-0.2, 0) is 33.3 Å². The SMILES string of the molecule is CC/C=C\C/C=C\C/C=C\C/C=C\C/C=C\C/C=C\C/C=C\C/C=C\C/C=C\CCCCCCCCCC(=O)OC(COC(=O)CCCCCCC/C=C\C/C=C\C/C=C\C/C=C\C/C=C\C/C=C\C/C=C\C/C=C\C/C=C\CC)COC(OCC[N+](C)(C)C)C(=O)[O-]. The molecule has 518 valence electrons. The van der Waals surface area contributed by atoms with Gasteiger partial charge in [0.15, 0.2) is 12.4 Å². The zero-order valence-electron chi connectivity index (χ0n) is 59.0. The van der Waals surface area contributed by atoms with E-state index in [4.69, 9.17) is 18.9 Å². The number of rotatable bonds is 63. The van der Waals surface area contributed by atoms with Crippen LogP contribution in [0.3, 0.4) is 0 Å². The van der Waals surface area contributed by atoms with E-state index in [9.17, 15) is 19.5 Å². The van der Waals surface area contributed by atoms with Gasteiger partial charge in [0.2, 0.25) is 0 Å². The van der Waals surface area contributed by atoms with Crippen molar-refractivity contribution in [3.05, 3.63) is 219 Å². The van der Waals surface area contributed by atoms with E-state index in [1.54, 1.807) is 0 Å². The van der Waals surface area contributed by atoms with Gasteiger partial charge in [0, 0.05) is 12.8 Å². The Balaban J connectivity index is 4.29. The first-order valence-corrected chi connectivity index (χ1v) is 35.9. The van der Waals surface area contributed by atoms with Gasteiger partial charge < -0.3 is 33.3 Å². The number of likely N-dealkylation sites (N-methyl/N-ethyl adjacent to an activating group) is 1. The summed E-state index contributed by atoms with van der Waals surface area (Å²) in [6.07, 6.45) is 110. The molecule has 0 N–H and O–H groups in total. The van der Waals surface area contributed by atoms with Crippen LogP contribution < -0.4 is 5.11 Å². The van der Waals surface area contributed by atoms with Gasteiger partial charge in [-0.05, 0) is 154 Å². The molecule has 0 aliphatic rings. The van der Waals surface area contributed by atoms with Gasteiger partial charge in [0.1, 0.15) is 13.2 Å². The molecule has 9 nitrogen and oxygen atoms in total. The number of carbonyl (C=O) groups excluding carboxylic acids is 3. The highest BCUT2D eigenvalue weighted by Gasteiger charge is 2.22. The molecule has 0 amide bonds. The number of carbonyl (C=O) groups is 3. The molecule has 0 aliphatic carbocycles. The number of quaternary nitrogens is 1. The van der Waals surface area contributed by atoms with E-state index in [2.05, 4.69) is 233 Å². The first-order chi connectivity index (χ1) is 45.6. The Morgan fingerprint density at radius 3 is 0.860 bits per heavy atom. The molecule has 9 heteroatoms. The maximum atomic E-state index is 12.9. The zero-order valence-corrected chi connectivity index (χ0v) is 59.0. The third-order valence-electron chi connectivity index (χ3n) is 14.2. The normalized spacial score (nSPS) is 14.0. The highest BCUT2D eigenvalue weighted by molar-refractivity contribution is 5.70. The maximum absolute atomic E-state index is 12.9. The van der Waals surface area contributed by atoms with E-state index >= 15 is 0 Å². The Kier molecular flexibility index (Phi) is 66.5. The molecule has 0 heterocycles. The number of carboxylic acid groups (broad SMARTS) is 1. The lowest BCUT2D eigenvalue weighted by Crippen LogP contribution is -2.44. The fourth-order valence-corrected chi connectivity index (χ4v) is 8.81. The summed E-state index contributed by atoms with van der Waals surface area (Å²) in [7, 11) is 5.90. The lowest BCUT2D eigenvalue weighted by molar-refractivity contribution is -0.870. The van der Waals surface area contributed by atoms with Crippen LogP contribution in [0.2, 0.25) is 0 Å². The molecule has 0 aromatic heterocycles. The molecule has 2 atom stereocenters. The summed E-state index contributed by atoms with van der Waals surface area (Å²) < 4.78 is 22.7. The van der Waals surface area contributed by atoms with Crippen molar-refractivity contribution in [1.29, 1.82) is 0 Å². The zero-order chi connectivity index (χ0) is 67.5. The summed E-state index contributed by atoms with van der Waals surface area (Å²) >= 11 is 0. The van der Waals surface area contributed by atoms with Crippen LogP contribution >= 0.6 is 0 Å². The molecule has 0 aliphatic heterocycles. The number of carboxylic acids is 1. The van der Waals surface area contributed by atoms with E-state index in [0.717, 1.165) is 180 Å². The van der Waals surface area contributed by atoms with Crippen LogP contribution in [0.1, 0.15) is 232 Å². The van der Waals surface area contributed by atoms with Crippen LogP contribution in [0.4, 0.5) is 0 Å². The minimum atomic E-state index is -1.65. The standard InChI is InChI=1S/C84H129NO8/c1-6-8-10-12-14-16-18-20-22-24-26-28-30-32-34-36-38-40-41-43-45-47-49-51-53-55-57-59-61-63-65-67-69-71-73-75-82(87)93-80(79-92-84(83(88)89)90-77-76-85(3,4)5)78-91-81(86)74-72-70-68-66-64-62-60-58-56-54-52-50-48-46-44-42-39-37-35-33-31-29-27-25-23-21-19-17-15-13-11-9-7-2/h8-11,14-17,20-23,26-29,32-35,38-40,42-43,45-46,48-49,51-52,54-55,57-58,60,80,84H,6-7,12-13,18-19,24-25,30-31,36-37,41,44,47,50,53,56,59,61-79H2,1-5H3/b10-8-,11-9-,16-14-,17-15-,22-20-,23-21-,28-26-,29-27-,34-32-,35-33-,40-38-,42-39-,45-43-,48-46-,51-49-,54-52-,57-55-,60-58-. The monoisotopic (exact) mass is 1280 g/mol. The minimum absolute atomic E-state index is 0.129. The topological polar surface area (TPSA) is 111 Å². The van der Waals surface area contributed by atoms with Gasteiger partial charge in [0.05, 0.1) is 40.3 Å². The number of unbranched alkanes of at least 4 members (excludes halogenated alkanes) is 12. The average molecular weight is 1280 g/mol. The summed E-state index contributed by atoms with van der Waals surface area (Å²) in [5.74, 6) is -2.35. The smallest absolute Gasteiger partial charge is 0.306 e. The lowest BCUT2D eigenvalue weighted by Gasteiger charge is -2.26. The fourth-order valence-electron chi connectivity index (χ4n) is 8.81. The molecule has 0 radical (unpaired) electrons. The molecule has 0 aromatic rings. The van der Waals surface area contributed by atoms with E-state index in [1.165, 1.54) is 12.8 Å². The number of allylic oxidation sites excluding steroid dienone is 36. The third kappa shape index (κ3) is 72.9. The molecule has 0 spiro atoms. The van der Waals surface area contributed by atoms with Crippen molar-refractivity contribution in [3.8, 4) is 0 Å². The van der Waals surface area contributed by atoms with Gasteiger partial charge >= 0.3 is 11.9 Å². The second-order valence-electron chi connectivity index (χ2n) is 24.1. The highest BCUT2D eigenvalue weighted by Crippen LogP contribution is 2.14. The Morgan fingerprint density at radius 1 is 0.323 bits per heavy atom. The van der Waals surface area contributed by atoms with E-state index in [0.29, 0.717) is 23.9 Å². The van der Waals surface area contributed by atoms with Crippen molar-refractivity contribution in [2.24, 2.45) is 0 Å². The first-order valence-electron chi connectivity index (χ1n) is 35.9. The average Bonchev–Trinajstić information content (AvgIpc) is 3.74. The quantitative estimate of drug-likeness (QED) is 0.0195. The number of nitrogens with zero attached hydrogens (tertiary/aromatic N) is 1. The lowest BCUT2D eigenvalue weighted by atomic mass is 10.1. The van der Waals surface area contributed by atoms with Crippen molar-refractivity contribution in [1.82, 2.24) is 0 Å². The molecular weight excluding hydrogens is 1150 g/mol.